The van der Waals surface area contributed by atoms with Gasteiger partial charge in [-0.15, -0.1) is 0 Å². The van der Waals surface area contributed by atoms with Crippen LogP contribution in [-0.2, 0) is 0 Å². The lowest BCUT2D eigenvalue weighted by molar-refractivity contribution is 0.140. The molecule has 0 saturated carbocycles. The van der Waals surface area contributed by atoms with E-state index in [1.165, 1.54) is 0 Å². The molecule has 0 fully saturated rings. The van der Waals surface area contributed by atoms with Crippen molar-refractivity contribution < 1.29 is 4.39 Å². The summed E-state index contributed by atoms with van der Waals surface area (Å²) in [4.78, 5) is 2.01. The first-order valence-corrected chi connectivity index (χ1v) is 4.13. The average molecular weight is 161 g/mol. The van der Waals surface area contributed by atoms with E-state index in [4.69, 9.17) is 0 Å². The van der Waals surface area contributed by atoms with Crippen molar-refractivity contribution in [2.24, 2.45) is 5.41 Å². The van der Waals surface area contributed by atoms with Crippen LogP contribution in [0.3, 0.4) is 0 Å². The molecule has 0 spiro atoms. The van der Waals surface area contributed by atoms with E-state index >= 15 is 0 Å². The molecule has 0 aliphatic carbocycles. The van der Waals surface area contributed by atoms with Crippen molar-refractivity contribution in [1.29, 1.82) is 0 Å². The Balaban J connectivity index is 3.61. The van der Waals surface area contributed by atoms with Crippen LogP contribution in [-0.4, -0.2) is 31.7 Å². The summed E-state index contributed by atoms with van der Waals surface area (Å²) < 4.78 is 13.2. The Morgan fingerprint density at radius 3 is 2.00 bits per heavy atom. The van der Waals surface area contributed by atoms with Crippen LogP contribution in [0.2, 0.25) is 0 Å². The fourth-order valence-corrected chi connectivity index (χ4v) is 0.805. The SMILES string of the molecule is CN(C)CCC(F)C(C)(C)C. The molecule has 0 aliphatic rings. The van der Waals surface area contributed by atoms with Crippen molar-refractivity contribution in [3.63, 3.8) is 0 Å². The fraction of sp³-hybridized carbons (Fsp3) is 1.00. The van der Waals surface area contributed by atoms with Crippen molar-refractivity contribution in [3.05, 3.63) is 0 Å². The first-order chi connectivity index (χ1) is 4.84. The quantitative estimate of drug-likeness (QED) is 0.614. The molecular weight excluding hydrogens is 141 g/mol. The predicted molar refractivity (Wildman–Crippen MR) is 47.5 cm³/mol. The van der Waals surface area contributed by atoms with Gasteiger partial charge in [-0.3, -0.25) is 0 Å². The van der Waals surface area contributed by atoms with Gasteiger partial charge in [0.1, 0.15) is 6.17 Å². The summed E-state index contributed by atoms with van der Waals surface area (Å²) in [6.45, 7) is 6.65. The molecule has 0 aromatic rings. The van der Waals surface area contributed by atoms with E-state index in [1.54, 1.807) is 0 Å². The monoisotopic (exact) mass is 161 g/mol. The topological polar surface area (TPSA) is 3.24 Å². The number of hydrogen-bond donors (Lipinski definition) is 0. The number of nitrogens with zero attached hydrogens (tertiary/aromatic N) is 1. The zero-order chi connectivity index (χ0) is 9.07. The fourth-order valence-electron chi connectivity index (χ4n) is 0.805. The normalized spacial score (nSPS) is 15.5. The molecule has 68 valence electrons. The number of alkyl halides is 1. The smallest absolute Gasteiger partial charge is 0.106 e. The lowest BCUT2D eigenvalue weighted by Crippen LogP contribution is -2.26. The summed E-state index contributed by atoms with van der Waals surface area (Å²) in [5.74, 6) is 0. The van der Waals surface area contributed by atoms with Crippen molar-refractivity contribution in [2.75, 3.05) is 20.6 Å². The summed E-state index contributed by atoms with van der Waals surface area (Å²) in [7, 11) is 3.94. The molecule has 0 aromatic heterocycles. The molecule has 0 heterocycles. The number of halogens is 1. The third kappa shape index (κ3) is 5.19. The molecule has 0 aliphatic heterocycles. The number of hydrogen-bond acceptors (Lipinski definition) is 1. The van der Waals surface area contributed by atoms with Crippen LogP contribution in [0.5, 0.6) is 0 Å². The van der Waals surface area contributed by atoms with Gasteiger partial charge in [-0.1, -0.05) is 20.8 Å². The average Bonchev–Trinajstić information content (AvgIpc) is 1.80. The van der Waals surface area contributed by atoms with Crippen LogP contribution in [0.15, 0.2) is 0 Å². The van der Waals surface area contributed by atoms with Gasteiger partial charge in [-0.25, -0.2) is 4.39 Å². The second-order valence-electron chi connectivity index (χ2n) is 4.43. The first-order valence-electron chi connectivity index (χ1n) is 4.13. The lowest BCUT2D eigenvalue weighted by Gasteiger charge is -2.24. The summed E-state index contributed by atoms with van der Waals surface area (Å²) >= 11 is 0. The zero-order valence-electron chi connectivity index (χ0n) is 8.32. The highest BCUT2D eigenvalue weighted by Gasteiger charge is 2.23. The Hall–Kier alpha value is -0.110. The predicted octanol–water partition coefficient (Wildman–Crippen LogP) is 2.32. The Labute approximate surface area is 69.6 Å². The van der Waals surface area contributed by atoms with E-state index in [0.717, 1.165) is 6.54 Å². The van der Waals surface area contributed by atoms with Crippen molar-refractivity contribution in [3.8, 4) is 0 Å². The lowest BCUT2D eigenvalue weighted by atomic mass is 9.88. The molecule has 0 bridgehead atoms. The van der Waals surface area contributed by atoms with Gasteiger partial charge in [0.05, 0.1) is 0 Å². The van der Waals surface area contributed by atoms with Crippen LogP contribution in [0, 0.1) is 5.41 Å². The molecule has 0 rings (SSSR count). The summed E-state index contributed by atoms with van der Waals surface area (Å²) in [5.41, 5.74) is -0.198. The summed E-state index contributed by atoms with van der Waals surface area (Å²) in [6.07, 6.45) is -0.0545. The maximum atomic E-state index is 13.2. The van der Waals surface area contributed by atoms with Gasteiger partial charge in [-0.05, 0) is 25.9 Å². The maximum absolute atomic E-state index is 13.2. The van der Waals surface area contributed by atoms with E-state index < -0.39 is 6.17 Å². The third-order valence-corrected chi connectivity index (χ3v) is 1.77. The van der Waals surface area contributed by atoms with Gasteiger partial charge in [0.15, 0.2) is 0 Å². The minimum atomic E-state index is -0.690. The highest BCUT2D eigenvalue weighted by molar-refractivity contribution is 4.73. The van der Waals surface area contributed by atoms with Crippen LogP contribution in [0.1, 0.15) is 27.2 Å². The highest BCUT2D eigenvalue weighted by Crippen LogP contribution is 2.24. The molecule has 0 radical (unpaired) electrons. The zero-order valence-corrected chi connectivity index (χ0v) is 8.32. The molecule has 0 aromatic carbocycles. The van der Waals surface area contributed by atoms with E-state index in [2.05, 4.69) is 0 Å². The molecule has 2 heteroatoms. The second-order valence-corrected chi connectivity index (χ2v) is 4.43. The first kappa shape index (κ1) is 10.9. The van der Waals surface area contributed by atoms with Crippen LogP contribution < -0.4 is 0 Å². The van der Waals surface area contributed by atoms with Crippen LogP contribution >= 0.6 is 0 Å². The summed E-state index contributed by atoms with van der Waals surface area (Å²) in [5, 5.41) is 0. The van der Waals surface area contributed by atoms with Gasteiger partial charge < -0.3 is 4.90 Å². The highest BCUT2D eigenvalue weighted by atomic mass is 19.1. The maximum Gasteiger partial charge on any atom is 0.106 e. The van der Waals surface area contributed by atoms with Gasteiger partial charge in [-0.2, -0.15) is 0 Å². The Bertz CT molecular complexity index is 105. The van der Waals surface area contributed by atoms with Crippen molar-refractivity contribution in [2.45, 2.75) is 33.4 Å². The molecular formula is C9H20FN. The molecule has 1 nitrogen and oxygen atoms in total. The van der Waals surface area contributed by atoms with Crippen LogP contribution in [0.25, 0.3) is 0 Å². The van der Waals surface area contributed by atoms with Crippen molar-refractivity contribution >= 4 is 0 Å². The molecule has 0 amide bonds. The van der Waals surface area contributed by atoms with Gasteiger partial charge >= 0.3 is 0 Å². The molecule has 11 heavy (non-hydrogen) atoms. The van der Waals surface area contributed by atoms with E-state index in [1.807, 2.05) is 39.8 Å². The third-order valence-electron chi connectivity index (χ3n) is 1.77. The van der Waals surface area contributed by atoms with E-state index in [0.29, 0.717) is 6.42 Å². The summed E-state index contributed by atoms with van der Waals surface area (Å²) in [6, 6.07) is 0. The van der Waals surface area contributed by atoms with Gasteiger partial charge in [0.25, 0.3) is 0 Å². The molecule has 1 unspecified atom stereocenters. The Kier molecular flexibility index (Phi) is 4.01. The minimum absolute atomic E-state index is 0.198. The largest absolute Gasteiger partial charge is 0.309 e. The Morgan fingerprint density at radius 2 is 1.73 bits per heavy atom. The number of rotatable bonds is 3. The minimum Gasteiger partial charge on any atom is -0.309 e. The van der Waals surface area contributed by atoms with E-state index in [-0.39, 0.29) is 5.41 Å². The van der Waals surface area contributed by atoms with Crippen LogP contribution in [0.4, 0.5) is 4.39 Å². The van der Waals surface area contributed by atoms with Gasteiger partial charge in [0.2, 0.25) is 0 Å². The standard InChI is InChI=1S/C9H20FN/c1-9(2,3)8(10)6-7-11(4)5/h8H,6-7H2,1-5H3. The molecule has 1 atom stereocenters. The van der Waals surface area contributed by atoms with Crippen molar-refractivity contribution in [1.82, 2.24) is 4.90 Å². The van der Waals surface area contributed by atoms with E-state index in [9.17, 15) is 4.39 Å². The Morgan fingerprint density at radius 1 is 1.27 bits per heavy atom. The molecule has 0 saturated heterocycles. The second kappa shape index (κ2) is 4.05. The van der Waals surface area contributed by atoms with Gasteiger partial charge in [0, 0.05) is 6.54 Å². The molecule has 0 N–H and O–H groups in total.